The van der Waals surface area contributed by atoms with Gasteiger partial charge in [-0.2, -0.15) is 0 Å². The normalized spacial score (nSPS) is 53.8. The lowest BCUT2D eigenvalue weighted by molar-refractivity contribution is -0.301. The van der Waals surface area contributed by atoms with Gasteiger partial charge in [0.2, 0.25) is 0 Å². The highest BCUT2D eigenvalue weighted by atomic mass is 16.4. The van der Waals surface area contributed by atoms with Crippen LogP contribution in [0, 0.1) is 52.3 Å². The van der Waals surface area contributed by atoms with E-state index in [2.05, 4.69) is 41.5 Å². The van der Waals surface area contributed by atoms with E-state index in [1.807, 2.05) is 0 Å². The highest BCUT2D eigenvalue weighted by molar-refractivity contribution is 5.20. The Morgan fingerprint density at radius 1 is 0.909 bits per heavy atom. The van der Waals surface area contributed by atoms with Crippen molar-refractivity contribution in [3.05, 3.63) is 0 Å². The van der Waals surface area contributed by atoms with Gasteiger partial charge in [0, 0.05) is 11.8 Å². The maximum absolute atomic E-state index is 11.6. The largest absolute Gasteiger partial charge is 0.393 e. The van der Waals surface area contributed by atoms with Gasteiger partial charge in [0.15, 0.2) is 0 Å². The Labute approximate surface area is 201 Å². The maximum atomic E-state index is 11.6. The molecular weight excluding hydrogens is 416 g/mol. The predicted octanol–water partition coefficient (Wildman–Crippen LogP) is 3.74. The first-order valence-corrected chi connectivity index (χ1v) is 13.7. The van der Waals surface area contributed by atoms with Crippen molar-refractivity contribution in [1.29, 1.82) is 0 Å². The third-order valence-electron chi connectivity index (χ3n) is 11.9. The standard InChI is InChI=1S/C28H50O5/c1-15(2)16(3)7-8-17(4)20-13-21(30)23-22-19(10-11-26(20,23)5)27(6)12-9-18(29)14-28(27,33)25(32)24(22)31/h15-25,29-33H,7-14H2,1-6H3/t16-,17+,18-,19+,20+,21+,22+,23-,24+,25+,26+,27+,28-/m0/s1. The van der Waals surface area contributed by atoms with E-state index in [1.165, 1.54) is 6.42 Å². The second-order valence-corrected chi connectivity index (χ2v) is 13.6. The molecule has 33 heavy (non-hydrogen) atoms. The van der Waals surface area contributed by atoms with E-state index in [0.717, 1.165) is 25.7 Å². The Hall–Kier alpha value is -0.200. The molecule has 5 nitrogen and oxygen atoms in total. The van der Waals surface area contributed by atoms with Crippen LogP contribution in [0.15, 0.2) is 0 Å². The van der Waals surface area contributed by atoms with Gasteiger partial charge in [-0.05, 0) is 78.9 Å². The molecule has 4 aliphatic carbocycles. The minimum Gasteiger partial charge on any atom is -0.393 e. The molecular formula is C28H50O5. The fourth-order valence-corrected chi connectivity index (χ4v) is 9.29. The third kappa shape index (κ3) is 3.75. The first-order valence-electron chi connectivity index (χ1n) is 13.7. The van der Waals surface area contributed by atoms with Crippen LogP contribution < -0.4 is 0 Å². The summed E-state index contributed by atoms with van der Waals surface area (Å²) in [5.41, 5.74) is -2.11. The van der Waals surface area contributed by atoms with Crippen molar-refractivity contribution in [1.82, 2.24) is 0 Å². The summed E-state index contributed by atoms with van der Waals surface area (Å²) in [4.78, 5) is 0. The van der Waals surface area contributed by atoms with E-state index < -0.39 is 35.4 Å². The van der Waals surface area contributed by atoms with Gasteiger partial charge in [0.25, 0.3) is 0 Å². The summed E-state index contributed by atoms with van der Waals surface area (Å²) >= 11 is 0. The van der Waals surface area contributed by atoms with E-state index in [-0.39, 0.29) is 29.6 Å². The Morgan fingerprint density at radius 3 is 2.21 bits per heavy atom. The summed E-state index contributed by atoms with van der Waals surface area (Å²) in [6.07, 6.45) is 2.88. The molecule has 0 aromatic carbocycles. The van der Waals surface area contributed by atoms with E-state index >= 15 is 0 Å². The lowest BCUT2D eigenvalue weighted by atomic mass is 9.41. The van der Waals surface area contributed by atoms with Crippen LogP contribution in [0.5, 0.6) is 0 Å². The van der Waals surface area contributed by atoms with Crippen LogP contribution in [-0.4, -0.2) is 55.5 Å². The van der Waals surface area contributed by atoms with Crippen LogP contribution in [0.2, 0.25) is 0 Å². The van der Waals surface area contributed by atoms with E-state index in [0.29, 0.717) is 36.5 Å². The quantitative estimate of drug-likeness (QED) is 0.425. The van der Waals surface area contributed by atoms with Gasteiger partial charge in [-0.15, -0.1) is 0 Å². The second-order valence-electron chi connectivity index (χ2n) is 13.6. The van der Waals surface area contributed by atoms with E-state index in [1.54, 1.807) is 0 Å². The molecule has 0 radical (unpaired) electrons. The summed E-state index contributed by atoms with van der Waals surface area (Å²) < 4.78 is 0. The number of fused-ring (bicyclic) bond motifs is 5. The molecule has 0 aliphatic heterocycles. The first kappa shape index (κ1) is 25.9. The van der Waals surface area contributed by atoms with Gasteiger partial charge in [-0.1, -0.05) is 54.4 Å². The molecule has 4 fully saturated rings. The van der Waals surface area contributed by atoms with Gasteiger partial charge in [-0.3, -0.25) is 0 Å². The summed E-state index contributed by atoms with van der Waals surface area (Å²) in [5, 5.41) is 56.0. The highest BCUT2D eigenvalue weighted by Gasteiger charge is 2.71. The molecule has 192 valence electrons. The molecule has 5 N–H and O–H groups in total. The van der Waals surface area contributed by atoms with Crippen LogP contribution in [-0.2, 0) is 0 Å². The smallest absolute Gasteiger partial charge is 0.109 e. The Morgan fingerprint density at radius 2 is 1.58 bits per heavy atom. The number of hydrogen-bond donors (Lipinski definition) is 5. The molecule has 0 aromatic heterocycles. The van der Waals surface area contributed by atoms with Crippen molar-refractivity contribution < 1.29 is 25.5 Å². The molecule has 5 heteroatoms. The Balaban J connectivity index is 1.61. The topological polar surface area (TPSA) is 101 Å². The molecule has 4 saturated carbocycles. The fourth-order valence-electron chi connectivity index (χ4n) is 9.29. The molecule has 13 atom stereocenters. The van der Waals surface area contributed by atoms with Crippen LogP contribution in [0.25, 0.3) is 0 Å². The molecule has 4 rings (SSSR count). The van der Waals surface area contributed by atoms with Gasteiger partial charge in [0.1, 0.15) is 11.7 Å². The lowest BCUT2D eigenvalue weighted by Gasteiger charge is -2.66. The van der Waals surface area contributed by atoms with E-state index in [9.17, 15) is 25.5 Å². The zero-order valence-corrected chi connectivity index (χ0v) is 21.7. The van der Waals surface area contributed by atoms with E-state index in [4.69, 9.17) is 0 Å². The summed E-state index contributed by atoms with van der Waals surface area (Å²) in [5.74, 6) is 2.03. The third-order valence-corrected chi connectivity index (χ3v) is 11.9. The minimum absolute atomic E-state index is 0.0381. The lowest BCUT2D eigenvalue weighted by Crippen LogP contribution is -2.73. The van der Waals surface area contributed by atoms with Crippen molar-refractivity contribution in [2.24, 2.45) is 52.3 Å². The van der Waals surface area contributed by atoms with Crippen LogP contribution >= 0.6 is 0 Å². The number of rotatable bonds is 5. The Kier molecular flexibility index (Phi) is 6.84. The second kappa shape index (κ2) is 8.73. The van der Waals surface area contributed by atoms with Crippen molar-refractivity contribution in [2.45, 2.75) is 123 Å². The molecule has 0 amide bonds. The summed E-state index contributed by atoms with van der Waals surface area (Å²) in [6.45, 7) is 13.6. The van der Waals surface area contributed by atoms with Gasteiger partial charge in [0.05, 0.1) is 18.3 Å². The first-order chi connectivity index (χ1) is 15.3. The molecule has 0 unspecified atom stereocenters. The zero-order valence-electron chi connectivity index (χ0n) is 21.7. The summed E-state index contributed by atoms with van der Waals surface area (Å²) in [7, 11) is 0. The number of aliphatic hydroxyl groups is 5. The monoisotopic (exact) mass is 466 g/mol. The average Bonchev–Trinajstić information content (AvgIpc) is 3.02. The van der Waals surface area contributed by atoms with Gasteiger partial charge >= 0.3 is 0 Å². The van der Waals surface area contributed by atoms with Crippen LogP contribution in [0.1, 0.15) is 92.9 Å². The highest BCUT2D eigenvalue weighted by Crippen LogP contribution is 2.69. The Bertz CT molecular complexity index is 712. The number of aliphatic hydroxyl groups excluding tert-OH is 4. The van der Waals surface area contributed by atoms with Crippen molar-refractivity contribution in [3.63, 3.8) is 0 Å². The molecule has 0 aromatic rings. The van der Waals surface area contributed by atoms with Gasteiger partial charge in [-0.25, -0.2) is 0 Å². The van der Waals surface area contributed by atoms with Crippen molar-refractivity contribution in [2.75, 3.05) is 0 Å². The van der Waals surface area contributed by atoms with Crippen LogP contribution in [0.4, 0.5) is 0 Å². The number of hydrogen-bond acceptors (Lipinski definition) is 5. The van der Waals surface area contributed by atoms with Crippen molar-refractivity contribution in [3.8, 4) is 0 Å². The minimum atomic E-state index is -1.48. The zero-order chi connectivity index (χ0) is 24.5. The van der Waals surface area contributed by atoms with Crippen LogP contribution in [0.3, 0.4) is 0 Å². The molecule has 0 heterocycles. The summed E-state index contributed by atoms with van der Waals surface area (Å²) in [6, 6.07) is 0. The average molecular weight is 467 g/mol. The molecule has 0 bridgehead atoms. The molecule has 0 spiro atoms. The molecule has 0 saturated heterocycles. The SMILES string of the molecule is CC(C)[C@@H](C)CC[C@@H](C)[C@H]1C[C@@H](O)[C@H]2[C@@H]3[C@@H](O)[C@@H](O)[C@@]4(O)C[C@@H](O)CC[C@]4(C)[C@@H]3CC[C@@]21C. The van der Waals surface area contributed by atoms with Crippen molar-refractivity contribution >= 4 is 0 Å². The predicted molar refractivity (Wildman–Crippen MR) is 129 cm³/mol. The molecule has 4 aliphatic rings. The fraction of sp³-hybridized carbons (Fsp3) is 1.00. The van der Waals surface area contributed by atoms with Gasteiger partial charge < -0.3 is 25.5 Å². The maximum Gasteiger partial charge on any atom is 0.109 e.